The lowest BCUT2D eigenvalue weighted by molar-refractivity contribution is -0.380. The first-order valence-electron chi connectivity index (χ1n) is 5.81. The Morgan fingerprint density at radius 3 is 2.80 bits per heavy atom. The summed E-state index contributed by atoms with van der Waals surface area (Å²) in [6, 6.07) is 5.20. The van der Waals surface area contributed by atoms with E-state index in [1.807, 2.05) is 13.0 Å². The van der Waals surface area contributed by atoms with E-state index in [1.54, 1.807) is 24.6 Å². The smallest absolute Gasteiger partial charge is 0.324 e. The minimum Gasteiger partial charge on any atom is -0.495 e. The van der Waals surface area contributed by atoms with Crippen LogP contribution in [-0.2, 0) is 6.54 Å². The van der Waals surface area contributed by atoms with E-state index in [-0.39, 0.29) is 9.92 Å². The van der Waals surface area contributed by atoms with Gasteiger partial charge in [0.2, 0.25) is 0 Å². The van der Waals surface area contributed by atoms with E-state index in [2.05, 4.69) is 5.32 Å². The first-order valence-corrected chi connectivity index (χ1v) is 7.07. The molecule has 0 amide bonds. The van der Waals surface area contributed by atoms with Crippen LogP contribution in [0.2, 0.25) is 5.02 Å². The molecule has 106 valence electrons. The summed E-state index contributed by atoms with van der Waals surface area (Å²) < 4.78 is 5.26. The molecule has 0 saturated heterocycles. The number of benzene rings is 1. The van der Waals surface area contributed by atoms with Crippen molar-refractivity contribution in [2.45, 2.75) is 13.5 Å². The highest BCUT2D eigenvalue weighted by molar-refractivity contribution is 7.13. The maximum Gasteiger partial charge on any atom is 0.324 e. The predicted octanol–water partition coefficient (Wildman–Crippen LogP) is 4.24. The first kappa shape index (κ1) is 14.6. The van der Waals surface area contributed by atoms with Crippen LogP contribution in [-0.4, -0.2) is 12.0 Å². The lowest BCUT2D eigenvalue weighted by atomic mass is 10.2. The van der Waals surface area contributed by atoms with Crippen molar-refractivity contribution in [3.05, 3.63) is 49.8 Å². The molecule has 2 rings (SSSR count). The van der Waals surface area contributed by atoms with Crippen molar-refractivity contribution in [2.24, 2.45) is 0 Å². The highest BCUT2D eigenvalue weighted by atomic mass is 35.5. The molecule has 0 atom stereocenters. The highest BCUT2D eigenvalue weighted by Gasteiger charge is 2.11. The molecular weight excluding hydrogens is 300 g/mol. The van der Waals surface area contributed by atoms with Crippen LogP contribution in [0.5, 0.6) is 5.75 Å². The Morgan fingerprint density at radius 1 is 1.45 bits per heavy atom. The van der Waals surface area contributed by atoms with Gasteiger partial charge in [-0.25, -0.2) is 0 Å². The van der Waals surface area contributed by atoms with Gasteiger partial charge >= 0.3 is 5.00 Å². The maximum atomic E-state index is 10.6. The number of aryl methyl sites for hydroxylation is 1. The van der Waals surface area contributed by atoms with E-state index in [4.69, 9.17) is 16.3 Å². The standard InChI is InChI=1S/C13H13ClN2O3S/c1-8-3-11(12(19-2)5-10(8)14)15-6-9-4-13(16(17)18)20-7-9/h3-5,7,15H,6H2,1-2H3. The lowest BCUT2D eigenvalue weighted by Crippen LogP contribution is -2.01. The molecule has 2 aromatic rings. The quantitative estimate of drug-likeness (QED) is 0.662. The molecule has 5 nitrogen and oxygen atoms in total. The molecule has 0 bridgehead atoms. The third kappa shape index (κ3) is 3.20. The van der Waals surface area contributed by atoms with Gasteiger partial charge in [0, 0.05) is 29.1 Å². The zero-order chi connectivity index (χ0) is 14.7. The fourth-order valence-electron chi connectivity index (χ4n) is 1.72. The molecule has 1 aromatic heterocycles. The van der Waals surface area contributed by atoms with Gasteiger partial charge in [0.1, 0.15) is 5.75 Å². The number of hydrogen-bond acceptors (Lipinski definition) is 5. The van der Waals surface area contributed by atoms with Crippen LogP contribution < -0.4 is 10.1 Å². The first-order chi connectivity index (χ1) is 9.51. The third-order valence-electron chi connectivity index (χ3n) is 2.78. The Bertz CT molecular complexity index is 643. The van der Waals surface area contributed by atoms with Crippen LogP contribution in [0.3, 0.4) is 0 Å². The largest absolute Gasteiger partial charge is 0.495 e. The topological polar surface area (TPSA) is 64.4 Å². The van der Waals surface area contributed by atoms with Crippen LogP contribution in [0.15, 0.2) is 23.6 Å². The summed E-state index contributed by atoms with van der Waals surface area (Å²) in [7, 11) is 1.57. The van der Waals surface area contributed by atoms with Gasteiger partial charge in [-0.1, -0.05) is 22.9 Å². The number of methoxy groups -OCH3 is 1. The van der Waals surface area contributed by atoms with Gasteiger partial charge in [0.15, 0.2) is 0 Å². The van der Waals surface area contributed by atoms with Crippen LogP contribution in [0.25, 0.3) is 0 Å². The molecule has 0 aliphatic carbocycles. The number of ether oxygens (including phenoxy) is 1. The van der Waals surface area contributed by atoms with E-state index >= 15 is 0 Å². The third-order valence-corrected chi connectivity index (χ3v) is 4.12. The summed E-state index contributed by atoms with van der Waals surface area (Å²) in [6.45, 7) is 2.39. The number of hydrogen-bond donors (Lipinski definition) is 1. The SMILES string of the molecule is COc1cc(Cl)c(C)cc1NCc1csc([N+](=O)[O-])c1. The Hall–Kier alpha value is -1.79. The Labute approximate surface area is 125 Å². The van der Waals surface area contributed by atoms with Crippen molar-refractivity contribution >= 4 is 33.6 Å². The lowest BCUT2D eigenvalue weighted by Gasteiger charge is -2.12. The molecule has 0 radical (unpaired) electrons. The molecular formula is C13H13ClN2O3S. The number of rotatable bonds is 5. The molecule has 0 aliphatic rings. The maximum absolute atomic E-state index is 10.6. The Balaban J connectivity index is 2.13. The molecule has 20 heavy (non-hydrogen) atoms. The minimum absolute atomic E-state index is 0.140. The van der Waals surface area contributed by atoms with E-state index in [0.717, 1.165) is 28.2 Å². The van der Waals surface area contributed by atoms with Crippen molar-refractivity contribution in [1.82, 2.24) is 0 Å². The molecule has 0 aliphatic heterocycles. The van der Waals surface area contributed by atoms with Gasteiger partial charge in [0.25, 0.3) is 0 Å². The van der Waals surface area contributed by atoms with Gasteiger partial charge in [-0.15, -0.1) is 0 Å². The molecule has 0 saturated carbocycles. The predicted molar refractivity (Wildman–Crippen MR) is 81.0 cm³/mol. The fraction of sp³-hybridized carbons (Fsp3) is 0.231. The van der Waals surface area contributed by atoms with Crippen molar-refractivity contribution < 1.29 is 9.66 Å². The molecule has 0 spiro atoms. The number of halogens is 1. The normalized spacial score (nSPS) is 10.3. The van der Waals surface area contributed by atoms with E-state index in [9.17, 15) is 10.1 Å². The van der Waals surface area contributed by atoms with E-state index < -0.39 is 0 Å². The van der Waals surface area contributed by atoms with E-state index in [0.29, 0.717) is 17.3 Å². The van der Waals surface area contributed by atoms with Gasteiger partial charge in [0.05, 0.1) is 17.7 Å². The highest BCUT2D eigenvalue weighted by Crippen LogP contribution is 2.31. The summed E-state index contributed by atoms with van der Waals surface area (Å²) in [5.74, 6) is 0.644. The molecule has 1 aromatic carbocycles. The number of thiophene rings is 1. The number of anilines is 1. The fourth-order valence-corrected chi connectivity index (χ4v) is 2.60. The summed E-state index contributed by atoms with van der Waals surface area (Å²) in [6.07, 6.45) is 0. The molecule has 1 heterocycles. The summed E-state index contributed by atoms with van der Waals surface area (Å²) in [4.78, 5) is 10.2. The van der Waals surface area contributed by atoms with Gasteiger partial charge in [-0.05, 0) is 24.1 Å². The number of nitrogens with one attached hydrogen (secondary N) is 1. The van der Waals surface area contributed by atoms with Crippen molar-refractivity contribution in [3.8, 4) is 5.75 Å². The van der Waals surface area contributed by atoms with Crippen LogP contribution in [0, 0.1) is 17.0 Å². The second kappa shape index (κ2) is 6.11. The van der Waals surface area contributed by atoms with Gasteiger partial charge in [-0.3, -0.25) is 10.1 Å². The molecule has 0 fully saturated rings. The zero-order valence-corrected chi connectivity index (χ0v) is 12.5. The van der Waals surface area contributed by atoms with Crippen LogP contribution >= 0.6 is 22.9 Å². The zero-order valence-electron chi connectivity index (χ0n) is 11.0. The molecule has 0 unspecified atom stereocenters. The van der Waals surface area contributed by atoms with Gasteiger partial charge in [-0.2, -0.15) is 0 Å². The minimum atomic E-state index is -0.388. The average molecular weight is 313 g/mol. The number of nitrogens with zero attached hydrogens (tertiary/aromatic N) is 1. The molecule has 1 N–H and O–H groups in total. The Morgan fingerprint density at radius 2 is 2.20 bits per heavy atom. The molecule has 7 heteroatoms. The van der Waals surface area contributed by atoms with Crippen molar-refractivity contribution in [3.63, 3.8) is 0 Å². The Kier molecular flexibility index (Phi) is 4.46. The van der Waals surface area contributed by atoms with Crippen LogP contribution in [0.4, 0.5) is 10.7 Å². The van der Waals surface area contributed by atoms with Crippen molar-refractivity contribution in [1.29, 1.82) is 0 Å². The van der Waals surface area contributed by atoms with Crippen molar-refractivity contribution in [2.75, 3.05) is 12.4 Å². The van der Waals surface area contributed by atoms with Crippen LogP contribution in [0.1, 0.15) is 11.1 Å². The monoisotopic (exact) mass is 312 g/mol. The average Bonchev–Trinajstić information content (AvgIpc) is 2.88. The second-order valence-corrected chi connectivity index (χ2v) is 5.50. The number of nitro groups is 1. The summed E-state index contributed by atoms with van der Waals surface area (Å²) >= 11 is 7.16. The summed E-state index contributed by atoms with van der Waals surface area (Å²) in [5.41, 5.74) is 2.60. The van der Waals surface area contributed by atoms with Gasteiger partial charge < -0.3 is 10.1 Å². The second-order valence-electron chi connectivity index (χ2n) is 4.21. The summed E-state index contributed by atoms with van der Waals surface area (Å²) in [5, 5.41) is 16.4. The van der Waals surface area contributed by atoms with E-state index in [1.165, 1.54) is 0 Å².